The lowest BCUT2D eigenvalue weighted by molar-refractivity contribution is 0.420. The predicted octanol–water partition coefficient (Wildman–Crippen LogP) is 0.887. The van der Waals surface area contributed by atoms with E-state index in [0.29, 0.717) is 0 Å². The van der Waals surface area contributed by atoms with E-state index in [2.05, 4.69) is 0 Å². The van der Waals surface area contributed by atoms with E-state index in [1.165, 1.54) is 38.4 Å². The smallest absolute Gasteiger partial charge is 0.333 e. The van der Waals surface area contributed by atoms with Gasteiger partial charge in [0.2, 0.25) is 5.88 Å². The molecule has 0 aliphatic rings. The van der Waals surface area contributed by atoms with Crippen molar-refractivity contribution in [2.45, 2.75) is 0 Å². The van der Waals surface area contributed by atoms with Crippen LogP contribution in [0.2, 0.25) is 0 Å². The van der Waals surface area contributed by atoms with Crippen molar-refractivity contribution in [1.29, 1.82) is 5.26 Å². The Kier molecular flexibility index (Phi) is 3.39. The Morgan fingerprint density at radius 3 is 2.30 bits per heavy atom. The largest absolute Gasteiger partial charge is 0.439 e. The van der Waals surface area contributed by atoms with E-state index < -0.39 is 17.1 Å². The van der Waals surface area contributed by atoms with Crippen molar-refractivity contribution in [3.05, 3.63) is 56.5 Å². The molecule has 0 saturated heterocycles. The SMILES string of the molecule is Cn1c(Oc2ccc(F)cc2)c(C#N)c(=O)n(C)c1=O. The van der Waals surface area contributed by atoms with Crippen LogP contribution < -0.4 is 16.0 Å². The normalized spacial score (nSPS) is 10.1. The number of nitriles is 1. The van der Waals surface area contributed by atoms with Gasteiger partial charge in [0.25, 0.3) is 5.56 Å². The first-order valence-electron chi connectivity index (χ1n) is 5.59. The summed E-state index contributed by atoms with van der Waals surface area (Å²) in [7, 11) is 2.65. The molecule has 20 heavy (non-hydrogen) atoms. The van der Waals surface area contributed by atoms with Crippen LogP contribution in [0.15, 0.2) is 33.9 Å². The van der Waals surface area contributed by atoms with E-state index in [1.54, 1.807) is 6.07 Å². The lowest BCUT2D eigenvalue weighted by Gasteiger charge is -2.12. The molecule has 0 radical (unpaired) electrons. The molecule has 0 aliphatic carbocycles. The van der Waals surface area contributed by atoms with Crippen molar-refractivity contribution in [2.24, 2.45) is 14.1 Å². The maximum Gasteiger partial charge on any atom is 0.333 e. The van der Waals surface area contributed by atoms with Gasteiger partial charge < -0.3 is 4.74 Å². The third-order valence-corrected chi connectivity index (χ3v) is 2.75. The van der Waals surface area contributed by atoms with Gasteiger partial charge in [0.15, 0.2) is 5.56 Å². The minimum Gasteiger partial charge on any atom is -0.439 e. The number of nitrogens with zero attached hydrogens (tertiary/aromatic N) is 3. The van der Waals surface area contributed by atoms with Crippen LogP contribution in [0, 0.1) is 17.1 Å². The number of halogens is 1. The highest BCUT2D eigenvalue weighted by atomic mass is 19.1. The van der Waals surface area contributed by atoms with Crippen LogP contribution in [0.1, 0.15) is 5.56 Å². The molecule has 0 spiro atoms. The Morgan fingerprint density at radius 1 is 1.15 bits per heavy atom. The molecule has 1 heterocycles. The van der Waals surface area contributed by atoms with Crippen LogP contribution in [-0.2, 0) is 14.1 Å². The van der Waals surface area contributed by atoms with Crippen LogP contribution in [0.5, 0.6) is 11.6 Å². The van der Waals surface area contributed by atoms with E-state index in [-0.39, 0.29) is 17.2 Å². The first-order valence-corrected chi connectivity index (χ1v) is 5.59. The molecule has 2 rings (SSSR count). The molecule has 6 nitrogen and oxygen atoms in total. The van der Waals surface area contributed by atoms with Gasteiger partial charge in [-0.3, -0.25) is 13.9 Å². The quantitative estimate of drug-likeness (QED) is 0.815. The van der Waals surface area contributed by atoms with Gasteiger partial charge in [-0.2, -0.15) is 5.26 Å². The minimum absolute atomic E-state index is 0.174. The fourth-order valence-corrected chi connectivity index (χ4v) is 1.66. The topological polar surface area (TPSA) is 77.0 Å². The maximum absolute atomic E-state index is 12.8. The summed E-state index contributed by atoms with van der Waals surface area (Å²) in [5.74, 6) is -0.408. The number of benzene rings is 1. The van der Waals surface area contributed by atoms with Gasteiger partial charge in [-0.15, -0.1) is 0 Å². The van der Waals surface area contributed by atoms with Crippen molar-refractivity contribution in [2.75, 3.05) is 0 Å². The lowest BCUT2D eigenvalue weighted by atomic mass is 10.3. The van der Waals surface area contributed by atoms with Gasteiger partial charge in [0.1, 0.15) is 17.6 Å². The summed E-state index contributed by atoms with van der Waals surface area (Å²) >= 11 is 0. The molecular formula is C13H10FN3O3. The van der Waals surface area contributed by atoms with Gasteiger partial charge >= 0.3 is 5.69 Å². The molecule has 0 bridgehead atoms. The Hall–Kier alpha value is -2.88. The summed E-state index contributed by atoms with van der Waals surface area (Å²) in [5.41, 5.74) is -1.65. The van der Waals surface area contributed by atoms with Crippen molar-refractivity contribution in [3.63, 3.8) is 0 Å². The van der Waals surface area contributed by atoms with E-state index in [1.807, 2.05) is 0 Å². The Balaban J connectivity index is 2.63. The fraction of sp³-hybridized carbons (Fsp3) is 0.154. The average molecular weight is 275 g/mol. The van der Waals surface area contributed by atoms with Crippen molar-refractivity contribution < 1.29 is 9.13 Å². The van der Waals surface area contributed by atoms with Crippen LogP contribution in [0.4, 0.5) is 4.39 Å². The van der Waals surface area contributed by atoms with E-state index in [0.717, 1.165) is 9.13 Å². The molecular weight excluding hydrogens is 265 g/mol. The molecule has 0 aliphatic heterocycles. The van der Waals surface area contributed by atoms with Gasteiger partial charge in [-0.1, -0.05) is 0 Å². The standard InChI is InChI=1S/C13H10FN3O3/c1-16-11(18)10(7-15)12(17(2)13(16)19)20-9-5-3-8(14)4-6-9/h3-6H,1-2H3. The van der Waals surface area contributed by atoms with E-state index >= 15 is 0 Å². The molecule has 1 aromatic carbocycles. The molecule has 0 N–H and O–H groups in total. The fourth-order valence-electron chi connectivity index (χ4n) is 1.66. The summed E-state index contributed by atoms with van der Waals surface area (Å²) in [5, 5.41) is 9.04. The third kappa shape index (κ3) is 2.19. The number of hydrogen-bond acceptors (Lipinski definition) is 4. The van der Waals surface area contributed by atoms with Gasteiger partial charge in [0.05, 0.1) is 0 Å². The highest BCUT2D eigenvalue weighted by Gasteiger charge is 2.17. The Bertz CT molecular complexity index is 813. The summed E-state index contributed by atoms with van der Waals surface area (Å²) in [6.45, 7) is 0. The highest BCUT2D eigenvalue weighted by molar-refractivity contribution is 5.39. The predicted molar refractivity (Wildman–Crippen MR) is 68.1 cm³/mol. The lowest BCUT2D eigenvalue weighted by Crippen LogP contribution is -2.38. The second kappa shape index (κ2) is 5.01. The average Bonchev–Trinajstić information content (AvgIpc) is 2.45. The number of rotatable bonds is 2. The first kappa shape index (κ1) is 13.5. The molecule has 0 amide bonds. The zero-order valence-electron chi connectivity index (χ0n) is 10.8. The van der Waals surface area contributed by atoms with Crippen LogP contribution in [0.25, 0.3) is 0 Å². The number of hydrogen-bond donors (Lipinski definition) is 0. The number of ether oxygens (including phenoxy) is 1. The van der Waals surface area contributed by atoms with Crippen LogP contribution in [0.3, 0.4) is 0 Å². The van der Waals surface area contributed by atoms with Gasteiger partial charge in [-0.25, -0.2) is 9.18 Å². The summed E-state index contributed by atoms with van der Waals surface area (Å²) in [6, 6.07) is 6.71. The molecule has 102 valence electrons. The second-order valence-electron chi connectivity index (χ2n) is 4.05. The van der Waals surface area contributed by atoms with Crippen LogP contribution in [-0.4, -0.2) is 9.13 Å². The zero-order chi connectivity index (χ0) is 14.9. The zero-order valence-corrected chi connectivity index (χ0v) is 10.8. The summed E-state index contributed by atoms with van der Waals surface area (Å²) < 4.78 is 20.0. The van der Waals surface area contributed by atoms with Crippen molar-refractivity contribution >= 4 is 0 Å². The molecule has 7 heteroatoms. The first-order chi connectivity index (χ1) is 9.45. The van der Waals surface area contributed by atoms with Gasteiger partial charge in [-0.05, 0) is 24.3 Å². The Morgan fingerprint density at radius 2 is 1.75 bits per heavy atom. The summed E-state index contributed by atoms with van der Waals surface area (Å²) in [6.07, 6.45) is 0. The van der Waals surface area contributed by atoms with E-state index in [4.69, 9.17) is 10.00 Å². The molecule has 0 fully saturated rings. The molecule has 0 unspecified atom stereocenters. The highest BCUT2D eigenvalue weighted by Crippen LogP contribution is 2.21. The second-order valence-corrected chi connectivity index (χ2v) is 4.05. The monoisotopic (exact) mass is 275 g/mol. The molecule has 2 aromatic rings. The van der Waals surface area contributed by atoms with Crippen molar-refractivity contribution in [3.8, 4) is 17.7 Å². The molecule has 0 saturated carbocycles. The third-order valence-electron chi connectivity index (χ3n) is 2.75. The molecule has 1 aromatic heterocycles. The van der Waals surface area contributed by atoms with Gasteiger partial charge in [0, 0.05) is 14.1 Å². The molecule has 0 atom stereocenters. The summed E-state index contributed by atoms with van der Waals surface area (Å²) in [4.78, 5) is 23.6. The van der Waals surface area contributed by atoms with E-state index in [9.17, 15) is 14.0 Å². The number of aromatic nitrogens is 2. The van der Waals surface area contributed by atoms with Crippen LogP contribution >= 0.6 is 0 Å². The maximum atomic E-state index is 12.8. The minimum atomic E-state index is -0.743. The van der Waals surface area contributed by atoms with Crippen molar-refractivity contribution in [1.82, 2.24) is 9.13 Å². The Labute approximate surface area is 112 Å².